The minimum absolute atomic E-state index is 0.171. The van der Waals surface area contributed by atoms with Gasteiger partial charge in [0, 0.05) is 18.5 Å². The fourth-order valence-electron chi connectivity index (χ4n) is 2.31. The molecule has 0 unspecified atom stereocenters. The molecular weight excluding hydrogens is 290 g/mol. The van der Waals surface area contributed by atoms with Crippen LogP contribution in [0.25, 0.3) is 11.0 Å². The van der Waals surface area contributed by atoms with Crippen LogP contribution in [0.15, 0.2) is 40.4 Å². The molecule has 112 valence electrons. The van der Waals surface area contributed by atoms with E-state index in [0.29, 0.717) is 17.8 Å². The molecule has 0 fully saturated rings. The van der Waals surface area contributed by atoms with Crippen LogP contribution in [0.2, 0.25) is 0 Å². The van der Waals surface area contributed by atoms with E-state index in [2.05, 4.69) is 15.2 Å². The minimum Gasteiger partial charge on any atom is -0.356 e. The molecular formula is C14H17N3O3S. The number of nitrogens with one attached hydrogen (secondary N) is 2. The summed E-state index contributed by atoms with van der Waals surface area (Å²) in [5.74, 6) is -0.171. The van der Waals surface area contributed by atoms with E-state index in [0.717, 1.165) is 30.5 Å². The first-order valence-corrected chi connectivity index (χ1v) is 8.48. The molecule has 7 heteroatoms. The molecule has 2 N–H and O–H groups in total. The van der Waals surface area contributed by atoms with Gasteiger partial charge in [-0.05, 0) is 25.1 Å². The molecule has 21 heavy (non-hydrogen) atoms. The van der Waals surface area contributed by atoms with Crippen LogP contribution in [0, 0.1) is 0 Å². The Balaban J connectivity index is 1.69. The van der Waals surface area contributed by atoms with Crippen LogP contribution in [0.3, 0.4) is 0 Å². The molecule has 0 atom stereocenters. The highest BCUT2D eigenvalue weighted by atomic mass is 32.2. The van der Waals surface area contributed by atoms with Gasteiger partial charge in [-0.25, -0.2) is 13.1 Å². The molecule has 0 spiro atoms. The second kappa shape index (κ2) is 5.97. The summed E-state index contributed by atoms with van der Waals surface area (Å²) in [6.45, 7) is 2.05. The lowest BCUT2D eigenvalue weighted by Crippen LogP contribution is -2.30. The van der Waals surface area contributed by atoms with Gasteiger partial charge in [-0.15, -0.1) is 0 Å². The molecule has 0 aliphatic carbocycles. The van der Waals surface area contributed by atoms with Crippen LogP contribution in [-0.2, 0) is 15.8 Å². The molecule has 0 amide bonds. The normalized spacial score (nSPS) is 16.1. The third-order valence-electron chi connectivity index (χ3n) is 3.46. The summed E-state index contributed by atoms with van der Waals surface area (Å²) < 4.78 is 32.1. The standard InChI is InChI=1S/C14H17N3O3S/c18-21(19,16-9-11-5-7-15-8-6-11)10-13-12-3-1-2-4-14(12)20-17-13/h1-5,15-16H,6-10H2. The molecule has 3 rings (SSSR count). The molecule has 0 bridgehead atoms. The molecule has 2 aromatic rings. The molecule has 1 aromatic carbocycles. The van der Waals surface area contributed by atoms with E-state index in [1.165, 1.54) is 0 Å². The molecule has 1 aromatic heterocycles. The highest BCUT2D eigenvalue weighted by Gasteiger charge is 2.17. The van der Waals surface area contributed by atoms with Crippen molar-refractivity contribution in [3.63, 3.8) is 0 Å². The average Bonchev–Trinajstić information content (AvgIpc) is 2.89. The number of hydrogen-bond acceptors (Lipinski definition) is 5. The first-order chi connectivity index (χ1) is 10.1. The lowest BCUT2D eigenvalue weighted by molar-refractivity contribution is 0.448. The Labute approximate surface area is 123 Å². The zero-order valence-electron chi connectivity index (χ0n) is 11.5. The van der Waals surface area contributed by atoms with E-state index in [9.17, 15) is 8.42 Å². The van der Waals surface area contributed by atoms with Crippen molar-refractivity contribution >= 4 is 21.0 Å². The Bertz CT molecular complexity index is 765. The van der Waals surface area contributed by atoms with Crippen molar-refractivity contribution in [1.82, 2.24) is 15.2 Å². The minimum atomic E-state index is -3.43. The summed E-state index contributed by atoms with van der Waals surface area (Å²) in [7, 11) is -3.43. The number of sulfonamides is 1. The van der Waals surface area contributed by atoms with Gasteiger partial charge in [0.1, 0.15) is 11.4 Å². The largest absolute Gasteiger partial charge is 0.356 e. The Morgan fingerprint density at radius 2 is 2.19 bits per heavy atom. The first kappa shape index (κ1) is 14.2. The molecule has 0 saturated carbocycles. The summed E-state index contributed by atoms with van der Waals surface area (Å²) in [6.07, 6.45) is 2.90. The van der Waals surface area contributed by atoms with Gasteiger partial charge in [0.15, 0.2) is 5.58 Å². The monoisotopic (exact) mass is 307 g/mol. The summed E-state index contributed by atoms with van der Waals surface area (Å²) in [5.41, 5.74) is 2.16. The molecule has 1 aliphatic heterocycles. The zero-order valence-corrected chi connectivity index (χ0v) is 12.3. The van der Waals surface area contributed by atoms with Gasteiger partial charge in [0.2, 0.25) is 10.0 Å². The van der Waals surface area contributed by atoms with Crippen molar-refractivity contribution in [2.45, 2.75) is 12.2 Å². The number of aromatic nitrogens is 1. The maximum absolute atomic E-state index is 12.1. The number of rotatable bonds is 5. The Hall–Kier alpha value is -1.70. The second-order valence-corrected chi connectivity index (χ2v) is 6.83. The quantitative estimate of drug-likeness (QED) is 0.810. The summed E-state index contributed by atoms with van der Waals surface area (Å²) in [6, 6.07) is 7.24. The van der Waals surface area contributed by atoms with Gasteiger partial charge in [0.05, 0.1) is 0 Å². The molecule has 1 aliphatic rings. The van der Waals surface area contributed by atoms with Crippen LogP contribution >= 0.6 is 0 Å². The molecule has 0 radical (unpaired) electrons. The fraction of sp³-hybridized carbons (Fsp3) is 0.357. The predicted molar refractivity (Wildman–Crippen MR) is 80.2 cm³/mol. The van der Waals surface area contributed by atoms with Crippen molar-refractivity contribution in [2.75, 3.05) is 19.6 Å². The van der Waals surface area contributed by atoms with Crippen molar-refractivity contribution in [3.8, 4) is 0 Å². The van der Waals surface area contributed by atoms with Crippen LogP contribution in [0.5, 0.6) is 0 Å². The maximum Gasteiger partial charge on any atom is 0.217 e. The van der Waals surface area contributed by atoms with Crippen molar-refractivity contribution in [1.29, 1.82) is 0 Å². The summed E-state index contributed by atoms with van der Waals surface area (Å²) in [4.78, 5) is 0. The van der Waals surface area contributed by atoms with Crippen molar-refractivity contribution in [2.24, 2.45) is 0 Å². The highest BCUT2D eigenvalue weighted by molar-refractivity contribution is 7.88. The summed E-state index contributed by atoms with van der Waals surface area (Å²) >= 11 is 0. The molecule has 0 saturated heterocycles. The van der Waals surface area contributed by atoms with Gasteiger partial charge in [-0.2, -0.15) is 0 Å². The fourth-order valence-corrected chi connectivity index (χ4v) is 3.38. The van der Waals surface area contributed by atoms with Gasteiger partial charge < -0.3 is 9.84 Å². The summed E-state index contributed by atoms with van der Waals surface area (Å²) in [5, 5.41) is 7.79. The van der Waals surface area contributed by atoms with Gasteiger partial charge in [-0.1, -0.05) is 28.9 Å². The Morgan fingerprint density at radius 3 is 3.00 bits per heavy atom. The lowest BCUT2D eigenvalue weighted by Gasteiger charge is -2.14. The van der Waals surface area contributed by atoms with Crippen LogP contribution in [0.4, 0.5) is 0 Å². The maximum atomic E-state index is 12.1. The van der Waals surface area contributed by atoms with Gasteiger partial charge >= 0.3 is 0 Å². The van der Waals surface area contributed by atoms with E-state index in [4.69, 9.17) is 4.52 Å². The van der Waals surface area contributed by atoms with Crippen LogP contribution in [0.1, 0.15) is 12.1 Å². The van der Waals surface area contributed by atoms with E-state index >= 15 is 0 Å². The zero-order chi connectivity index (χ0) is 14.7. The number of hydrogen-bond donors (Lipinski definition) is 2. The Kier molecular flexibility index (Phi) is 4.05. The lowest BCUT2D eigenvalue weighted by atomic mass is 10.1. The Morgan fingerprint density at radius 1 is 1.33 bits per heavy atom. The second-order valence-electron chi connectivity index (χ2n) is 5.02. The highest BCUT2D eigenvalue weighted by Crippen LogP contribution is 2.19. The SMILES string of the molecule is O=S(=O)(Cc1noc2ccccc12)NCC1=CCNCC1. The number of benzene rings is 1. The van der Waals surface area contributed by atoms with E-state index in [1.807, 2.05) is 24.3 Å². The third kappa shape index (κ3) is 3.49. The van der Waals surface area contributed by atoms with Crippen LogP contribution < -0.4 is 10.0 Å². The number of nitrogens with zero attached hydrogens (tertiary/aromatic N) is 1. The van der Waals surface area contributed by atoms with Crippen molar-refractivity contribution < 1.29 is 12.9 Å². The van der Waals surface area contributed by atoms with E-state index < -0.39 is 10.0 Å². The van der Waals surface area contributed by atoms with E-state index in [-0.39, 0.29) is 5.75 Å². The van der Waals surface area contributed by atoms with E-state index in [1.54, 1.807) is 6.07 Å². The van der Waals surface area contributed by atoms with Gasteiger partial charge in [0.25, 0.3) is 0 Å². The first-order valence-electron chi connectivity index (χ1n) is 6.83. The molecule has 6 nitrogen and oxygen atoms in total. The third-order valence-corrected chi connectivity index (χ3v) is 4.69. The topological polar surface area (TPSA) is 84.2 Å². The smallest absolute Gasteiger partial charge is 0.217 e. The van der Waals surface area contributed by atoms with Crippen molar-refractivity contribution in [3.05, 3.63) is 41.6 Å². The van der Waals surface area contributed by atoms with Crippen LogP contribution in [-0.4, -0.2) is 33.2 Å². The number of fused-ring (bicyclic) bond motifs is 1. The average molecular weight is 307 g/mol. The predicted octanol–water partition coefficient (Wildman–Crippen LogP) is 1.17. The molecule has 2 heterocycles. The number of para-hydroxylation sites is 1. The van der Waals surface area contributed by atoms with Gasteiger partial charge in [-0.3, -0.25) is 0 Å².